The average Bonchev–Trinajstić information content (AvgIpc) is 2.49. The summed E-state index contributed by atoms with van der Waals surface area (Å²) in [7, 11) is 0. The van der Waals surface area contributed by atoms with Crippen LogP contribution < -0.4 is 5.32 Å². The highest BCUT2D eigenvalue weighted by Crippen LogP contribution is 2.19. The van der Waals surface area contributed by atoms with Gasteiger partial charge in [-0.25, -0.2) is 0 Å². The lowest BCUT2D eigenvalue weighted by Crippen LogP contribution is -2.28. The van der Waals surface area contributed by atoms with Crippen molar-refractivity contribution in [2.75, 3.05) is 0 Å². The Kier molecular flexibility index (Phi) is 5.34. The van der Waals surface area contributed by atoms with Crippen molar-refractivity contribution in [3.63, 3.8) is 0 Å². The number of aryl methyl sites for hydroxylation is 1. The lowest BCUT2D eigenvalue weighted by atomic mass is 9.99. The topological polar surface area (TPSA) is 49.3 Å². The molecular weight excluding hydrogens is 274 g/mol. The van der Waals surface area contributed by atoms with Crippen molar-refractivity contribution in [1.29, 1.82) is 0 Å². The van der Waals surface area contributed by atoms with Gasteiger partial charge in [-0.3, -0.25) is 10.1 Å². The highest BCUT2D eigenvalue weighted by molar-refractivity contribution is 5.75. The van der Waals surface area contributed by atoms with Gasteiger partial charge in [0.1, 0.15) is 6.04 Å². The predicted molar refractivity (Wildman–Crippen MR) is 88.9 cm³/mol. The first-order valence-electron chi connectivity index (χ1n) is 7.59. The van der Waals surface area contributed by atoms with Crippen molar-refractivity contribution in [3.05, 3.63) is 70.8 Å². The highest BCUT2D eigenvalue weighted by Gasteiger charge is 2.19. The van der Waals surface area contributed by atoms with Gasteiger partial charge < -0.3 is 5.11 Å². The van der Waals surface area contributed by atoms with Crippen LogP contribution in [0.5, 0.6) is 0 Å². The van der Waals surface area contributed by atoms with E-state index in [9.17, 15) is 9.90 Å². The second kappa shape index (κ2) is 7.23. The maximum Gasteiger partial charge on any atom is 0.325 e. The number of benzene rings is 2. The molecule has 116 valence electrons. The first kappa shape index (κ1) is 16.2. The van der Waals surface area contributed by atoms with Gasteiger partial charge in [0.25, 0.3) is 0 Å². The van der Waals surface area contributed by atoms with Crippen LogP contribution >= 0.6 is 0 Å². The zero-order valence-corrected chi connectivity index (χ0v) is 13.3. The van der Waals surface area contributed by atoms with Gasteiger partial charge in [0.15, 0.2) is 0 Å². The number of rotatable bonds is 6. The molecular formula is C19H23NO2. The second-order valence-electron chi connectivity index (χ2n) is 5.96. The summed E-state index contributed by atoms with van der Waals surface area (Å²) in [6.07, 6.45) is 0. The monoisotopic (exact) mass is 297 g/mol. The van der Waals surface area contributed by atoms with Crippen LogP contribution in [0.15, 0.2) is 48.5 Å². The van der Waals surface area contributed by atoms with Crippen molar-refractivity contribution >= 4 is 5.97 Å². The lowest BCUT2D eigenvalue weighted by Gasteiger charge is -2.16. The van der Waals surface area contributed by atoms with Gasteiger partial charge in [-0.05, 0) is 29.5 Å². The number of hydrogen-bond acceptors (Lipinski definition) is 2. The van der Waals surface area contributed by atoms with Crippen LogP contribution in [0.25, 0.3) is 0 Å². The molecule has 0 bridgehead atoms. The molecule has 0 aliphatic carbocycles. The summed E-state index contributed by atoms with van der Waals surface area (Å²) in [5.74, 6) is -0.415. The Morgan fingerprint density at radius 2 is 1.55 bits per heavy atom. The molecule has 1 atom stereocenters. The maximum atomic E-state index is 11.5. The summed E-state index contributed by atoms with van der Waals surface area (Å²) in [5, 5.41) is 12.6. The number of hydrogen-bond donors (Lipinski definition) is 2. The molecule has 0 saturated carbocycles. The minimum absolute atomic E-state index is 0.442. The van der Waals surface area contributed by atoms with E-state index in [2.05, 4.69) is 19.2 Å². The Labute approximate surface area is 132 Å². The van der Waals surface area contributed by atoms with E-state index in [-0.39, 0.29) is 0 Å². The standard InChI is InChI=1S/C19H23NO2/c1-13(2)16-8-10-17(11-9-16)18(19(21)22)20-12-15-6-4-14(3)5-7-15/h4-11,13,18,20H,12H2,1-3H3,(H,21,22). The Morgan fingerprint density at radius 1 is 1.00 bits per heavy atom. The average molecular weight is 297 g/mol. The normalized spacial score (nSPS) is 12.4. The van der Waals surface area contributed by atoms with Crippen LogP contribution in [0.4, 0.5) is 0 Å². The van der Waals surface area contributed by atoms with Crippen molar-refractivity contribution in [3.8, 4) is 0 Å². The largest absolute Gasteiger partial charge is 0.480 e. The predicted octanol–water partition coefficient (Wildman–Crippen LogP) is 4.03. The van der Waals surface area contributed by atoms with Gasteiger partial charge in [-0.1, -0.05) is 67.9 Å². The molecule has 0 radical (unpaired) electrons. The van der Waals surface area contributed by atoms with Crippen LogP contribution in [0.3, 0.4) is 0 Å². The number of carboxylic acids is 1. The zero-order chi connectivity index (χ0) is 16.1. The zero-order valence-electron chi connectivity index (χ0n) is 13.3. The Bertz CT molecular complexity index is 615. The summed E-state index contributed by atoms with van der Waals surface area (Å²) in [4.78, 5) is 11.5. The van der Waals surface area contributed by atoms with Gasteiger partial charge in [0.2, 0.25) is 0 Å². The van der Waals surface area contributed by atoms with E-state index in [0.29, 0.717) is 12.5 Å². The third kappa shape index (κ3) is 4.18. The summed E-state index contributed by atoms with van der Waals surface area (Å²) >= 11 is 0. The molecule has 0 fully saturated rings. The highest BCUT2D eigenvalue weighted by atomic mass is 16.4. The molecule has 3 heteroatoms. The summed E-state index contributed by atoms with van der Waals surface area (Å²) in [6, 6.07) is 15.2. The van der Waals surface area contributed by atoms with Gasteiger partial charge in [-0.2, -0.15) is 0 Å². The van der Waals surface area contributed by atoms with E-state index in [1.165, 1.54) is 11.1 Å². The first-order chi connectivity index (χ1) is 10.5. The third-order valence-electron chi connectivity index (χ3n) is 3.81. The quantitative estimate of drug-likeness (QED) is 0.846. The Morgan fingerprint density at radius 3 is 2.05 bits per heavy atom. The molecule has 0 aliphatic heterocycles. The van der Waals surface area contributed by atoms with E-state index in [1.807, 2.05) is 55.5 Å². The molecule has 0 saturated heterocycles. The fourth-order valence-electron chi connectivity index (χ4n) is 2.35. The molecule has 2 rings (SSSR count). The fourth-order valence-corrected chi connectivity index (χ4v) is 2.35. The molecule has 3 nitrogen and oxygen atoms in total. The van der Waals surface area contributed by atoms with E-state index in [4.69, 9.17) is 0 Å². The Hall–Kier alpha value is -2.13. The van der Waals surface area contributed by atoms with Crippen LogP contribution in [0, 0.1) is 6.92 Å². The lowest BCUT2D eigenvalue weighted by molar-refractivity contribution is -0.139. The second-order valence-corrected chi connectivity index (χ2v) is 5.96. The molecule has 1 unspecified atom stereocenters. The molecule has 0 spiro atoms. The molecule has 22 heavy (non-hydrogen) atoms. The van der Waals surface area contributed by atoms with E-state index >= 15 is 0 Å². The first-order valence-corrected chi connectivity index (χ1v) is 7.59. The van der Waals surface area contributed by atoms with Gasteiger partial charge in [0.05, 0.1) is 0 Å². The number of aliphatic carboxylic acids is 1. The van der Waals surface area contributed by atoms with Gasteiger partial charge >= 0.3 is 5.97 Å². The van der Waals surface area contributed by atoms with Crippen molar-refractivity contribution in [1.82, 2.24) is 5.32 Å². The minimum atomic E-state index is -0.857. The van der Waals surface area contributed by atoms with Crippen molar-refractivity contribution in [2.24, 2.45) is 0 Å². The number of carbonyl (C=O) groups is 1. The Balaban J connectivity index is 2.09. The summed E-state index contributed by atoms with van der Waals surface area (Å²) < 4.78 is 0. The van der Waals surface area contributed by atoms with Crippen LogP contribution in [0.1, 0.15) is 48.1 Å². The van der Waals surface area contributed by atoms with E-state index in [1.54, 1.807) is 0 Å². The maximum absolute atomic E-state index is 11.5. The van der Waals surface area contributed by atoms with Crippen LogP contribution in [-0.4, -0.2) is 11.1 Å². The molecule has 2 aromatic rings. The smallest absolute Gasteiger partial charge is 0.325 e. The molecule has 0 aliphatic rings. The van der Waals surface area contributed by atoms with E-state index in [0.717, 1.165) is 11.1 Å². The molecule has 0 heterocycles. The van der Waals surface area contributed by atoms with Gasteiger partial charge in [0, 0.05) is 6.54 Å². The molecule has 0 amide bonds. The fraction of sp³-hybridized carbons (Fsp3) is 0.316. The summed E-state index contributed by atoms with van der Waals surface area (Å²) in [6.45, 7) is 6.81. The van der Waals surface area contributed by atoms with Crippen molar-refractivity contribution in [2.45, 2.75) is 39.3 Å². The molecule has 0 aromatic heterocycles. The number of carboxylic acid groups (broad SMARTS) is 1. The van der Waals surface area contributed by atoms with E-state index < -0.39 is 12.0 Å². The molecule has 2 N–H and O–H groups in total. The van der Waals surface area contributed by atoms with Gasteiger partial charge in [-0.15, -0.1) is 0 Å². The third-order valence-corrected chi connectivity index (χ3v) is 3.81. The SMILES string of the molecule is Cc1ccc(CNC(C(=O)O)c2ccc(C(C)C)cc2)cc1. The number of nitrogens with one attached hydrogen (secondary N) is 1. The van der Waals surface area contributed by atoms with Crippen LogP contribution in [0.2, 0.25) is 0 Å². The van der Waals surface area contributed by atoms with Crippen LogP contribution in [-0.2, 0) is 11.3 Å². The molecule has 2 aromatic carbocycles. The summed E-state index contributed by atoms with van der Waals surface area (Å²) in [5.41, 5.74) is 4.27. The minimum Gasteiger partial charge on any atom is -0.480 e. The van der Waals surface area contributed by atoms with Crippen molar-refractivity contribution < 1.29 is 9.90 Å².